The van der Waals surface area contributed by atoms with Gasteiger partial charge in [-0.25, -0.2) is 19.7 Å². The van der Waals surface area contributed by atoms with Gasteiger partial charge in [0.25, 0.3) is 0 Å². The molecule has 280 valence electrons. The summed E-state index contributed by atoms with van der Waals surface area (Å²) >= 11 is 0. The number of benzene rings is 3. The molecule has 2 aromatic heterocycles. The van der Waals surface area contributed by atoms with Gasteiger partial charge < -0.3 is 36.0 Å². The minimum atomic E-state index is -1.33. The Hall–Kier alpha value is -4.92. The molecular formula is C40H50N8O5. The van der Waals surface area contributed by atoms with Crippen molar-refractivity contribution in [2.75, 3.05) is 31.6 Å². The van der Waals surface area contributed by atoms with Crippen molar-refractivity contribution in [3.05, 3.63) is 120 Å². The number of imidazole rings is 1. The van der Waals surface area contributed by atoms with Gasteiger partial charge in [-0.15, -0.1) is 0 Å². The maximum Gasteiger partial charge on any atom is 0.315 e. The van der Waals surface area contributed by atoms with E-state index in [1.807, 2.05) is 54.6 Å². The first-order valence-corrected chi connectivity index (χ1v) is 18.1. The molecule has 1 fully saturated rings. The van der Waals surface area contributed by atoms with Gasteiger partial charge >= 0.3 is 6.03 Å². The van der Waals surface area contributed by atoms with Crippen LogP contribution in [0.2, 0.25) is 0 Å². The molecule has 1 aliphatic rings. The molecule has 3 heterocycles. The standard InChI is InChI=1S/C40H50N8O5/c1-26(2)48(40(3,4)29-18-12-7-13-19-29)21-20-41-39(52)43-23-32-45-36(42-22-30(27-14-8-5-9-15-27)28-16-10-6-11-17-28)33-37(46-32)47(25-44-33)38-35(51)34(50)31(24-49)53-38/h5-19,25-26,30-31,34-35,38,49-51H,20-24H2,1-4H3,(H2,41,43,52)(H,42,45,46)/t31-,34-,35-,38-/m1/s1. The average molecular weight is 723 g/mol. The number of nitrogens with one attached hydrogen (secondary N) is 3. The molecule has 0 bridgehead atoms. The van der Waals surface area contributed by atoms with Crippen molar-refractivity contribution in [2.45, 2.75) is 76.3 Å². The molecule has 6 N–H and O–H groups in total. The lowest BCUT2D eigenvalue weighted by molar-refractivity contribution is -0.0511. The van der Waals surface area contributed by atoms with Crippen LogP contribution in [0.4, 0.5) is 10.6 Å². The van der Waals surface area contributed by atoms with Crippen LogP contribution in [0.25, 0.3) is 11.2 Å². The van der Waals surface area contributed by atoms with Crippen molar-refractivity contribution >= 4 is 23.0 Å². The SMILES string of the molecule is CC(C)N(CCNC(=O)NCc1nc(NCC(c2ccccc2)c2ccccc2)c2ncn([C@@H]3O[C@H](CO)[C@@H](O)[C@H]3O)c2n1)C(C)(C)c1ccccc1. The Morgan fingerprint density at radius 3 is 2.11 bits per heavy atom. The Kier molecular flexibility index (Phi) is 12.0. The van der Waals surface area contributed by atoms with E-state index in [1.54, 1.807) is 0 Å². The van der Waals surface area contributed by atoms with Gasteiger partial charge in [0.05, 0.1) is 19.5 Å². The highest BCUT2D eigenvalue weighted by Gasteiger charge is 2.44. The summed E-state index contributed by atoms with van der Waals surface area (Å²) in [6.45, 7) is 9.74. The molecule has 53 heavy (non-hydrogen) atoms. The fourth-order valence-corrected chi connectivity index (χ4v) is 7.16. The van der Waals surface area contributed by atoms with Crippen molar-refractivity contribution in [3.63, 3.8) is 0 Å². The number of nitrogens with zero attached hydrogens (tertiary/aromatic N) is 5. The minimum Gasteiger partial charge on any atom is -0.394 e. The number of carbonyl (C=O) groups is 1. The lowest BCUT2D eigenvalue weighted by Gasteiger charge is -2.42. The zero-order chi connectivity index (χ0) is 37.5. The number of aliphatic hydroxyl groups excluding tert-OH is 3. The molecule has 5 aromatic rings. The number of anilines is 1. The number of rotatable bonds is 15. The largest absolute Gasteiger partial charge is 0.394 e. The minimum absolute atomic E-state index is 0.00179. The first-order valence-electron chi connectivity index (χ1n) is 18.1. The van der Waals surface area contributed by atoms with E-state index in [1.165, 1.54) is 16.5 Å². The quantitative estimate of drug-likeness (QED) is 0.0925. The van der Waals surface area contributed by atoms with Gasteiger partial charge in [-0.3, -0.25) is 9.47 Å². The molecule has 1 saturated heterocycles. The van der Waals surface area contributed by atoms with Crippen molar-refractivity contribution in [2.24, 2.45) is 0 Å². The first kappa shape index (κ1) is 37.8. The molecule has 2 amide bonds. The van der Waals surface area contributed by atoms with E-state index in [2.05, 4.69) is 89.9 Å². The Labute approximate surface area is 310 Å². The third-order valence-corrected chi connectivity index (χ3v) is 10.0. The number of ether oxygens (including phenoxy) is 1. The van der Waals surface area contributed by atoms with E-state index in [4.69, 9.17) is 14.7 Å². The van der Waals surface area contributed by atoms with Crippen molar-refractivity contribution in [1.29, 1.82) is 0 Å². The van der Waals surface area contributed by atoms with E-state index < -0.39 is 31.1 Å². The fraction of sp³-hybridized carbons (Fsp3) is 0.400. The second-order valence-electron chi connectivity index (χ2n) is 14.1. The van der Waals surface area contributed by atoms with Gasteiger partial charge in [0, 0.05) is 37.1 Å². The summed E-state index contributed by atoms with van der Waals surface area (Å²) in [5.74, 6) is 0.716. The molecule has 1 aliphatic heterocycles. The number of carbonyl (C=O) groups excluding carboxylic acids is 1. The van der Waals surface area contributed by atoms with Crippen LogP contribution in [0.5, 0.6) is 0 Å². The topological polar surface area (TPSA) is 170 Å². The average Bonchev–Trinajstić information content (AvgIpc) is 3.72. The van der Waals surface area contributed by atoms with Crippen LogP contribution in [0.1, 0.15) is 62.4 Å². The van der Waals surface area contributed by atoms with Gasteiger partial charge in [-0.05, 0) is 44.4 Å². The van der Waals surface area contributed by atoms with Crippen LogP contribution in [0.15, 0.2) is 97.3 Å². The van der Waals surface area contributed by atoms with Crippen LogP contribution in [-0.4, -0.2) is 96.4 Å². The zero-order valence-corrected chi connectivity index (χ0v) is 30.6. The number of hydrogen-bond donors (Lipinski definition) is 6. The molecule has 0 saturated carbocycles. The number of amides is 2. The van der Waals surface area contributed by atoms with Crippen LogP contribution >= 0.6 is 0 Å². The van der Waals surface area contributed by atoms with E-state index in [0.29, 0.717) is 42.4 Å². The van der Waals surface area contributed by atoms with Crippen LogP contribution in [0.3, 0.4) is 0 Å². The molecule has 13 heteroatoms. The number of urea groups is 1. The molecule has 0 aliphatic carbocycles. The van der Waals surface area contributed by atoms with E-state index in [0.717, 1.165) is 11.1 Å². The van der Waals surface area contributed by atoms with Gasteiger partial charge in [0.2, 0.25) is 0 Å². The van der Waals surface area contributed by atoms with Gasteiger partial charge in [-0.1, -0.05) is 91.0 Å². The summed E-state index contributed by atoms with van der Waals surface area (Å²) in [5.41, 5.74) is 3.95. The highest BCUT2D eigenvalue weighted by molar-refractivity contribution is 5.83. The second kappa shape index (κ2) is 16.8. The maximum absolute atomic E-state index is 13.1. The lowest BCUT2D eigenvalue weighted by Crippen LogP contribution is -2.49. The van der Waals surface area contributed by atoms with Crippen LogP contribution in [0, 0.1) is 0 Å². The zero-order valence-electron chi connectivity index (χ0n) is 30.6. The van der Waals surface area contributed by atoms with Crippen molar-refractivity contribution < 1.29 is 24.9 Å². The Morgan fingerprint density at radius 1 is 0.906 bits per heavy atom. The Balaban J connectivity index is 1.21. The van der Waals surface area contributed by atoms with E-state index >= 15 is 0 Å². The summed E-state index contributed by atoms with van der Waals surface area (Å²) < 4.78 is 7.34. The Bertz CT molecular complexity index is 1890. The van der Waals surface area contributed by atoms with Gasteiger partial charge in [0.1, 0.15) is 18.3 Å². The Morgan fingerprint density at radius 2 is 1.53 bits per heavy atom. The van der Waals surface area contributed by atoms with Gasteiger partial charge in [-0.2, -0.15) is 0 Å². The molecule has 0 radical (unpaired) electrons. The summed E-state index contributed by atoms with van der Waals surface area (Å²) in [6, 6.07) is 30.6. The molecule has 3 aromatic carbocycles. The number of aromatic nitrogens is 4. The monoisotopic (exact) mass is 722 g/mol. The molecule has 0 spiro atoms. The third-order valence-electron chi connectivity index (χ3n) is 10.0. The van der Waals surface area contributed by atoms with Gasteiger partial charge in [0.15, 0.2) is 29.0 Å². The molecular weight excluding hydrogens is 672 g/mol. The second-order valence-corrected chi connectivity index (χ2v) is 14.1. The smallest absolute Gasteiger partial charge is 0.315 e. The third kappa shape index (κ3) is 8.50. The summed E-state index contributed by atoms with van der Waals surface area (Å²) in [6.07, 6.45) is -3.18. The lowest BCUT2D eigenvalue weighted by atomic mass is 9.91. The molecule has 0 unspecified atom stereocenters. The summed E-state index contributed by atoms with van der Waals surface area (Å²) in [7, 11) is 0. The predicted octanol–water partition coefficient (Wildman–Crippen LogP) is 4.13. The molecule has 13 nitrogen and oxygen atoms in total. The number of fused-ring (bicyclic) bond motifs is 1. The predicted molar refractivity (Wildman–Crippen MR) is 203 cm³/mol. The van der Waals surface area contributed by atoms with Crippen molar-refractivity contribution in [1.82, 2.24) is 35.1 Å². The highest BCUT2D eigenvalue weighted by Crippen LogP contribution is 2.33. The van der Waals surface area contributed by atoms with Crippen LogP contribution < -0.4 is 16.0 Å². The fourth-order valence-electron chi connectivity index (χ4n) is 7.16. The highest BCUT2D eigenvalue weighted by atomic mass is 16.6. The summed E-state index contributed by atoms with van der Waals surface area (Å²) in [5, 5.41) is 40.4. The summed E-state index contributed by atoms with van der Waals surface area (Å²) in [4.78, 5) is 29.6. The van der Waals surface area contributed by atoms with Crippen molar-refractivity contribution in [3.8, 4) is 0 Å². The number of hydrogen-bond acceptors (Lipinski definition) is 10. The van der Waals surface area contributed by atoms with E-state index in [9.17, 15) is 20.1 Å². The number of aliphatic hydroxyl groups is 3. The van der Waals surface area contributed by atoms with Crippen LogP contribution in [-0.2, 0) is 16.8 Å². The molecule has 6 rings (SSSR count). The normalized spacial score (nSPS) is 19.0. The molecule has 4 atom stereocenters. The first-order chi connectivity index (χ1) is 25.6. The maximum atomic E-state index is 13.1. The van der Waals surface area contributed by atoms with E-state index in [-0.39, 0.29) is 30.1 Å².